The van der Waals surface area contributed by atoms with Crippen molar-refractivity contribution in [3.8, 4) is 0 Å². The van der Waals surface area contributed by atoms with Gasteiger partial charge in [-0.1, -0.05) is 24.3 Å². The van der Waals surface area contributed by atoms with Gasteiger partial charge in [0.1, 0.15) is 0 Å². The van der Waals surface area contributed by atoms with E-state index >= 15 is 0 Å². The van der Waals surface area contributed by atoms with Gasteiger partial charge in [-0.3, -0.25) is 0 Å². The number of benzene rings is 1. The summed E-state index contributed by atoms with van der Waals surface area (Å²) in [4.78, 5) is 0. The molecule has 13 heavy (non-hydrogen) atoms. The van der Waals surface area contributed by atoms with Gasteiger partial charge in [-0.15, -0.1) is 0 Å². The molecule has 2 heteroatoms. The van der Waals surface area contributed by atoms with Crippen LogP contribution in [-0.2, 0) is 13.0 Å². The van der Waals surface area contributed by atoms with Crippen molar-refractivity contribution in [2.24, 2.45) is 5.73 Å². The Balaban J connectivity index is 2.78. The summed E-state index contributed by atoms with van der Waals surface area (Å²) in [7, 11) is 0. The Morgan fingerprint density at radius 2 is 1.92 bits per heavy atom. The SMILES string of the molecule is CC(C)(O)Cc1cccc(CN)c1. The van der Waals surface area contributed by atoms with E-state index in [4.69, 9.17) is 5.73 Å². The van der Waals surface area contributed by atoms with Gasteiger partial charge in [-0.25, -0.2) is 0 Å². The van der Waals surface area contributed by atoms with E-state index in [1.165, 1.54) is 0 Å². The zero-order chi connectivity index (χ0) is 9.90. The second-order valence-electron chi connectivity index (χ2n) is 4.01. The molecule has 0 aliphatic carbocycles. The molecule has 0 heterocycles. The van der Waals surface area contributed by atoms with E-state index in [0.29, 0.717) is 13.0 Å². The van der Waals surface area contributed by atoms with Gasteiger partial charge in [-0.2, -0.15) is 0 Å². The molecule has 0 atom stereocenters. The van der Waals surface area contributed by atoms with Crippen LogP contribution in [0.25, 0.3) is 0 Å². The molecule has 0 bridgehead atoms. The van der Waals surface area contributed by atoms with Crippen LogP contribution in [0.5, 0.6) is 0 Å². The summed E-state index contributed by atoms with van der Waals surface area (Å²) in [5.41, 5.74) is 7.12. The molecule has 0 saturated heterocycles. The molecule has 0 fully saturated rings. The number of hydrogen-bond donors (Lipinski definition) is 2. The minimum Gasteiger partial charge on any atom is -0.390 e. The molecule has 1 aromatic rings. The highest BCUT2D eigenvalue weighted by atomic mass is 16.3. The van der Waals surface area contributed by atoms with E-state index in [2.05, 4.69) is 0 Å². The minimum atomic E-state index is -0.646. The van der Waals surface area contributed by atoms with Gasteiger partial charge in [0.2, 0.25) is 0 Å². The predicted octanol–water partition coefficient (Wildman–Crippen LogP) is 1.46. The van der Waals surface area contributed by atoms with Gasteiger partial charge in [0.15, 0.2) is 0 Å². The van der Waals surface area contributed by atoms with Crippen LogP contribution in [0.15, 0.2) is 24.3 Å². The average molecular weight is 179 g/mol. The molecule has 0 saturated carbocycles. The van der Waals surface area contributed by atoms with Gasteiger partial charge in [0.05, 0.1) is 5.60 Å². The summed E-state index contributed by atoms with van der Waals surface area (Å²) in [6.07, 6.45) is 0.667. The smallest absolute Gasteiger partial charge is 0.0631 e. The van der Waals surface area contributed by atoms with Crippen molar-refractivity contribution in [1.29, 1.82) is 0 Å². The summed E-state index contributed by atoms with van der Waals surface area (Å²) in [6, 6.07) is 8.02. The lowest BCUT2D eigenvalue weighted by atomic mass is 9.97. The quantitative estimate of drug-likeness (QED) is 0.738. The van der Waals surface area contributed by atoms with Crippen molar-refractivity contribution in [3.05, 3.63) is 35.4 Å². The van der Waals surface area contributed by atoms with Crippen molar-refractivity contribution >= 4 is 0 Å². The maximum Gasteiger partial charge on any atom is 0.0631 e. The van der Waals surface area contributed by atoms with Crippen LogP contribution in [-0.4, -0.2) is 10.7 Å². The molecular weight excluding hydrogens is 162 g/mol. The number of rotatable bonds is 3. The van der Waals surface area contributed by atoms with Crippen molar-refractivity contribution < 1.29 is 5.11 Å². The molecule has 0 radical (unpaired) electrons. The molecule has 1 rings (SSSR count). The molecule has 0 unspecified atom stereocenters. The topological polar surface area (TPSA) is 46.2 Å². The second-order valence-corrected chi connectivity index (χ2v) is 4.01. The first-order valence-corrected chi connectivity index (χ1v) is 4.51. The Morgan fingerprint density at radius 1 is 1.31 bits per heavy atom. The third-order valence-corrected chi connectivity index (χ3v) is 1.86. The third-order valence-electron chi connectivity index (χ3n) is 1.86. The minimum absolute atomic E-state index is 0.555. The standard InChI is InChI=1S/C11H17NO/c1-11(2,13)7-9-4-3-5-10(6-9)8-12/h3-6,13H,7-8,12H2,1-2H3. The first-order chi connectivity index (χ1) is 6.01. The van der Waals surface area contributed by atoms with Crippen LogP contribution in [0, 0.1) is 0 Å². The molecule has 0 amide bonds. The number of aliphatic hydroxyl groups is 1. The molecule has 1 aromatic carbocycles. The summed E-state index contributed by atoms with van der Waals surface area (Å²) in [5.74, 6) is 0. The van der Waals surface area contributed by atoms with Crippen molar-refractivity contribution in [2.45, 2.75) is 32.4 Å². The van der Waals surface area contributed by atoms with E-state index in [0.717, 1.165) is 11.1 Å². The Morgan fingerprint density at radius 3 is 2.46 bits per heavy atom. The molecule has 0 aliphatic rings. The lowest BCUT2D eigenvalue weighted by molar-refractivity contribution is 0.0810. The molecular formula is C11H17NO. The van der Waals surface area contributed by atoms with Crippen molar-refractivity contribution in [2.75, 3.05) is 0 Å². The largest absolute Gasteiger partial charge is 0.390 e. The Bertz CT molecular complexity index is 276. The van der Waals surface area contributed by atoms with Gasteiger partial charge in [0, 0.05) is 13.0 Å². The van der Waals surface area contributed by atoms with Crippen LogP contribution < -0.4 is 5.73 Å². The normalized spacial score (nSPS) is 11.7. The first kappa shape index (κ1) is 10.2. The monoisotopic (exact) mass is 179 g/mol. The van der Waals surface area contributed by atoms with E-state index < -0.39 is 5.60 Å². The molecule has 0 aromatic heterocycles. The van der Waals surface area contributed by atoms with Gasteiger partial charge in [0.25, 0.3) is 0 Å². The molecule has 3 N–H and O–H groups in total. The zero-order valence-electron chi connectivity index (χ0n) is 8.25. The zero-order valence-corrected chi connectivity index (χ0v) is 8.25. The van der Waals surface area contributed by atoms with Crippen LogP contribution in [0.3, 0.4) is 0 Å². The fourth-order valence-corrected chi connectivity index (χ4v) is 1.37. The lowest BCUT2D eigenvalue weighted by Gasteiger charge is -2.17. The second kappa shape index (κ2) is 3.90. The number of hydrogen-bond acceptors (Lipinski definition) is 2. The summed E-state index contributed by atoms with van der Waals surface area (Å²) in [5, 5.41) is 9.60. The highest BCUT2D eigenvalue weighted by Crippen LogP contribution is 2.13. The maximum atomic E-state index is 9.60. The van der Waals surface area contributed by atoms with Crippen molar-refractivity contribution in [3.63, 3.8) is 0 Å². The van der Waals surface area contributed by atoms with E-state index in [1.54, 1.807) is 0 Å². The van der Waals surface area contributed by atoms with Crippen LogP contribution in [0.2, 0.25) is 0 Å². The third kappa shape index (κ3) is 3.57. The fourth-order valence-electron chi connectivity index (χ4n) is 1.37. The van der Waals surface area contributed by atoms with E-state index in [9.17, 15) is 5.11 Å². The molecule has 72 valence electrons. The van der Waals surface area contributed by atoms with E-state index in [-0.39, 0.29) is 0 Å². The molecule has 0 spiro atoms. The van der Waals surface area contributed by atoms with Crippen LogP contribution >= 0.6 is 0 Å². The summed E-state index contributed by atoms with van der Waals surface area (Å²) >= 11 is 0. The van der Waals surface area contributed by atoms with Gasteiger partial charge >= 0.3 is 0 Å². The summed E-state index contributed by atoms with van der Waals surface area (Å²) < 4.78 is 0. The highest BCUT2D eigenvalue weighted by Gasteiger charge is 2.12. The van der Waals surface area contributed by atoms with Crippen LogP contribution in [0.1, 0.15) is 25.0 Å². The van der Waals surface area contributed by atoms with Gasteiger partial charge < -0.3 is 10.8 Å². The average Bonchev–Trinajstić information content (AvgIpc) is 2.01. The Labute approximate surface area is 79.4 Å². The Hall–Kier alpha value is -0.860. The first-order valence-electron chi connectivity index (χ1n) is 4.51. The predicted molar refractivity (Wildman–Crippen MR) is 54.3 cm³/mol. The highest BCUT2D eigenvalue weighted by molar-refractivity contribution is 5.24. The summed E-state index contributed by atoms with van der Waals surface area (Å²) in [6.45, 7) is 4.17. The fraction of sp³-hybridized carbons (Fsp3) is 0.455. The molecule has 0 aliphatic heterocycles. The van der Waals surface area contributed by atoms with Crippen LogP contribution in [0.4, 0.5) is 0 Å². The molecule has 2 nitrogen and oxygen atoms in total. The van der Waals surface area contributed by atoms with Crippen molar-refractivity contribution in [1.82, 2.24) is 0 Å². The van der Waals surface area contributed by atoms with E-state index in [1.807, 2.05) is 38.1 Å². The number of nitrogens with two attached hydrogens (primary N) is 1. The van der Waals surface area contributed by atoms with Gasteiger partial charge in [-0.05, 0) is 25.0 Å². The maximum absolute atomic E-state index is 9.60. The Kier molecular flexibility index (Phi) is 3.07. The lowest BCUT2D eigenvalue weighted by Crippen LogP contribution is -2.21.